The van der Waals surface area contributed by atoms with E-state index in [1.165, 1.54) is 0 Å². The predicted molar refractivity (Wildman–Crippen MR) is 72.8 cm³/mol. The van der Waals surface area contributed by atoms with E-state index in [4.69, 9.17) is 11.6 Å². The zero-order chi connectivity index (χ0) is 12.7. The molecule has 0 bridgehead atoms. The molecule has 1 rings (SSSR count). The van der Waals surface area contributed by atoms with Crippen LogP contribution in [-0.4, -0.2) is 34.4 Å². The third-order valence-corrected chi connectivity index (χ3v) is 3.49. The predicted octanol–water partition coefficient (Wildman–Crippen LogP) is 1.73. The van der Waals surface area contributed by atoms with Gasteiger partial charge in [-0.2, -0.15) is 0 Å². The van der Waals surface area contributed by atoms with Crippen LogP contribution in [0.2, 0.25) is 5.02 Å². The van der Waals surface area contributed by atoms with Crippen LogP contribution in [0.3, 0.4) is 0 Å². The van der Waals surface area contributed by atoms with Crippen molar-refractivity contribution < 1.29 is 9.32 Å². The maximum Gasteiger partial charge on any atom is 0.0914 e. The Bertz CT molecular complexity index is 356. The van der Waals surface area contributed by atoms with E-state index in [9.17, 15) is 9.32 Å². The summed E-state index contributed by atoms with van der Waals surface area (Å²) in [7, 11) is -0.736. The van der Waals surface area contributed by atoms with Crippen molar-refractivity contribution in [3.63, 3.8) is 0 Å². The quantitative estimate of drug-likeness (QED) is 0.745. The number of nitrogens with one attached hydrogen (secondary N) is 1. The van der Waals surface area contributed by atoms with Gasteiger partial charge in [0.1, 0.15) is 0 Å². The first kappa shape index (κ1) is 14.6. The Morgan fingerprint density at radius 3 is 2.65 bits per heavy atom. The number of aliphatic hydroxyl groups excluding tert-OH is 1. The molecule has 17 heavy (non-hydrogen) atoms. The molecule has 96 valence electrons. The molecule has 0 fully saturated rings. The van der Waals surface area contributed by atoms with Crippen LogP contribution in [0.5, 0.6) is 0 Å². The average molecular weight is 276 g/mol. The van der Waals surface area contributed by atoms with Gasteiger partial charge in [-0.3, -0.25) is 4.21 Å². The Kier molecular flexibility index (Phi) is 6.73. The Hall–Kier alpha value is -0.420. The van der Waals surface area contributed by atoms with E-state index in [0.29, 0.717) is 17.3 Å². The molecular formula is C12H18ClNO2S. The fraction of sp³-hybridized carbons (Fsp3) is 0.500. The second-order valence-electron chi connectivity index (χ2n) is 3.90. The van der Waals surface area contributed by atoms with Crippen molar-refractivity contribution in [1.82, 2.24) is 5.32 Å². The topological polar surface area (TPSA) is 49.3 Å². The summed E-state index contributed by atoms with van der Waals surface area (Å²) in [6.45, 7) is 1.27. The highest BCUT2D eigenvalue weighted by molar-refractivity contribution is 7.84. The van der Waals surface area contributed by atoms with Gasteiger partial charge in [0.25, 0.3) is 0 Å². The molecule has 2 atom stereocenters. The molecule has 0 saturated heterocycles. The Morgan fingerprint density at radius 1 is 1.41 bits per heavy atom. The number of benzene rings is 1. The average Bonchev–Trinajstić information content (AvgIpc) is 2.29. The molecule has 1 aromatic rings. The lowest BCUT2D eigenvalue weighted by Gasteiger charge is -2.12. The number of rotatable bonds is 7. The van der Waals surface area contributed by atoms with Crippen LogP contribution >= 0.6 is 11.6 Å². The van der Waals surface area contributed by atoms with Crippen molar-refractivity contribution >= 4 is 22.4 Å². The first-order chi connectivity index (χ1) is 8.09. The molecule has 0 aliphatic heterocycles. The number of hydrogen-bond donors (Lipinski definition) is 2. The Balaban J connectivity index is 2.23. The highest BCUT2D eigenvalue weighted by Gasteiger charge is 2.06. The Labute approximate surface area is 110 Å². The number of halogens is 1. The van der Waals surface area contributed by atoms with Crippen molar-refractivity contribution in [1.29, 1.82) is 0 Å². The molecule has 3 nitrogen and oxygen atoms in total. The normalized spacial score (nSPS) is 14.5. The smallest absolute Gasteiger partial charge is 0.0914 e. The highest BCUT2D eigenvalue weighted by atomic mass is 35.5. The van der Waals surface area contributed by atoms with E-state index in [0.717, 1.165) is 18.5 Å². The minimum Gasteiger partial charge on any atom is -0.387 e. The molecule has 0 amide bonds. The van der Waals surface area contributed by atoms with Crippen molar-refractivity contribution in [2.45, 2.75) is 12.5 Å². The monoisotopic (exact) mass is 275 g/mol. The van der Waals surface area contributed by atoms with Gasteiger partial charge < -0.3 is 10.4 Å². The zero-order valence-electron chi connectivity index (χ0n) is 9.86. The van der Waals surface area contributed by atoms with Gasteiger partial charge in [-0.15, -0.1) is 0 Å². The van der Waals surface area contributed by atoms with E-state index in [1.807, 2.05) is 12.1 Å². The largest absolute Gasteiger partial charge is 0.387 e. The minimum absolute atomic E-state index is 0.498. The van der Waals surface area contributed by atoms with Gasteiger partial charge in [0, 0.05) is 34.4 Å². The van der Waals surface area contributed by atoms with Crippen LogP contribution in [0.4, 0.5) is 0 Å². The molecule has 0 aliphatic carbocycles. The molecule has 0 saturated carbocycles. The van der Waals surface area contributed by atoms with Crippen LogP contribution in [0.1, 0.15) is 18.1 Å². The van der Waals surface area contributed by atoms with E-state index in [-0.39, 0.29) is 0 Å². The first-order valence-electron chi connectivity index (χ1n) is 5.54. The molecule has 2 unspecified atom stereocenters. The van der Waals surface area contributed by atoms with Gasteiger partial charge in [0.15, 0.2) is 0 Å². The van der Waals surface area contributed by atoms with Crippen molar-refractivity contribution in [2.75, 3.05) is 25.1 Å². The lowest BCUT2D eigenvalue weighted by atomic mass is 10.1. The van der Waals surface area contributed by atoms with Gasteiger partial charge in [-0.1, -0.05) is 23.7 Å². The summed E-state index contributed by atoms with van der Waals surface area (Å²) in [5, 5.41) is 13.7. The van der Waals surface area contributed by atoms with Gasteiger partial charge >= 0.3 is 0 Å². The molecule has 1 aromatic carbocycles. The van der Waals surface area contributed by atoms with E-state index >= 15 is 0 Å². The van der Waals surface area contributed by atoms with Gasteiger partial charge in [0.05, 0.1) is 6.10 Å². The summed E-state index contributed by atoms with van der Waals surface area (Å²) in [5.41, 5.74) is 0.848. The van der Waals surface area contributed by atoms with Crippen LogP contribution in [0, 0.1) is 0 Å². The van der Waals surface area contributed by atoms with Gasteiger partial charge in [-0.05, 0) is 30.7 Å². The van der Waals surface area contributed by atoms with Gasteiger partial charge in [-0.25, -0.2) is 0 Å². The van der Waals surface area contributed by atoms with Crippen LogP contribution in [0.15, 0.2) is 24.3 Å². The fourth-order valence-corrected chi connectivity index (χ4v) is 2.12. The lowest BCUT2D eigenvalue weighted by Crippen LogP contribution is -2.23. The number of hydrogen-bond acceptors (Lipinski definition) is 3. The second-order valence-corrected chi connectivity index (χ2v) is 5.89. The maximum absolute atomic E-state index is 10.8. The van der Waals surface area contributed by atoms with E-state index in [1.54, 1.807) is 18.4 Å². The lowest BCUT2D eigenvalue weighted by molar-refractivity contribution is 0.175. The van der Waals surface area contributed by atoms with Crippen LogP contribution in [0.25, 0.3) is 0 Å². The highest BCUT2D eigenvalue weighted by Crippen LogP contribution is 2.15. The summed E-state index contributed by atoms with van der Waals surface area (Å²) in [6, 6.07) is 7.16. The zero-order valence-corrected chi connectivity index (χ0v) is 11.4. The summed E-state index contributed by atoms with van der Waals surface area (Å²) >= 11 is 5.77. The van der Waals surface area contributed by atoms with E-state index in [2.05, 4.69) is 5.32 Å². The van der Waals surface area contributed by atoms with Gasteiger partial charge in [0.2, 0.25) is 0 Å². The molecule has 0 spiro atoms. The first-order valence-corrected chi connectivity index (χ1v) is 7.64. The standard InChI is InChI=1S/C12H18ClNO2S/c1-17(16)8-2-7-14-9-12(15)10-3-5-11(13)6-4-10/h3-6,12,14-15H,2,7-9H2,1H3. The van der Waals surface area contributed by atoms with Crippen molar-refractivity contribution in [3.8, 4) is 0 Å². The maximum atomic E-state index is 10.8. The summed E-state index contributed by atoms with van der Waals surface area (Å²) < 4.78 is 10.8. The third-order valence-electron chi connectivity index (χ3n) is 2.38. The minimum atomic E-state index is -0.736. The summed E-state index contributed by atoms with van der Waals surface area (Å²) in [6.07, 6.45) is 2.03. The second kappa shape index (κ2) is 7.82. The third kappa shape index (κ3) is 6.17. The summed E-state index contributed by atoms with van der Waals surface area (Å²) in [5.74, 6) is 0.698. The molecule has 0 aromatic heterocycles. The summed E-state index contributed by atoms with van der Waals surface area (Å²) in [4.78, 5) is 0. The molecular weight excluding hydrogens is 258 g/mol. The Morgan fingerprint density at radius 2 is 2.06 bits per heavy atom. The van der Waals surface area contributed by atoms with Crippen LogP contribution < -0.4 is 5.32 Å². The molecule has 5 heteroatoms. The fourth-order valence-electron chi connectivity index (χ4n) is 1.44. The SMILES string of the molecule is CS(=O)CCCNCC(O)c1ccc(Cl)cc1. The molecule has 0 aliphatic rings. The molecule has 0 heterocycles. The van der Waals surface area contributed by atoms with Crippen LogP contribution in [-0.2, 0) is 10.8 Å². The number of aliphatic hydroxyl groups is 1. The molecule has 0 radical (unpaired) electrons. The van der Waals surface area contributed by atoms with Crippen molar-refractivity contribution in [3.05, 3.63) is 34.9 Å². The molecule has 2 N–H and O–H groups in total. The van der Waals surface area contributed by atoms with E-state index < -0.39 is 16.9 Å². The van der Waals surface area contributed by atoms with Crippen molar-refractivity contribution in [2.24, 2.45) is 0 Å².